The molecule has 7 nitrogen and oxygen atoms in total. The molecular weight excluding hydrogens is 404 g/mol. The van der Waals surface area contributed by atoms with Gasteiger partial charge in [0.2, 0.25) is 10.0 Å². The van der Waals surface area contributed by atoms with Crippen molar-refractivity contribution in [3.8, 4) is 0 Å². The minimum Gasteiger partial charge on any atom is -0.455 e. The third-order valence-electron chi connectivity index (χ3n) is 4.71. The smallest absolute Gasteiger partial charge is 0.321 e. The van der Waals surface area contributed by atoms with Crippen LogP contribution in [0, 0.1) is 6.92 Å². The summed E-state index contributed by atoms with van der Waals surface area (Å²) in [6.07, 6.45) is 1.51. The van der Waals surface area contributed by atoms with Crippen LogP contribution in [0.4, 0.5) is 5.69 Å². The lowest BCUT2D eigenvalue weighted by Gasteiger charge is -2.17. The highest BCUT2D eigenvalue weighted by molar-refractivity contribution is 7.89. The summed E-state index contributed by atoms with van der Waals surface area (Å²) in [4.78, 5) is 24.4. The number of carbonyl (C=O) groups excluding carboxylic acids is 2. The predicted octanol–water partition coefficient (Wildman–Crippen LogP) is 2.92. The number of hydrogen-bond donors (Lipinski definition) is 1. The molecule has 0 spiro atoms. The van der Waals surface area contributed by atoms with E-state index in [0.29, 0.717) is 0 Å². The Labute approximate surface area is 178 Å². The second-order valence-corrected chi connectivity index (χ2v) is 8.99. The zero-order valence-corrected chi connectivity index (χ0v) is 18.6. The fourth-order valence-electron chi connectivity index (χ4n) is 2.93. The lowest BCUT2D eigenvalue weighted by atomic mass is 10.0. The predicted molar refractivity (Wildman–Crippen MR) is 116 cm³/mol. The van der Waals surface area contributed by atoms with Crippen molar-refractivity contribution >= 4 is 27.6 Å². The summed E-state index contributed by atoms with van der Waals surface area (Å²) in [6.45, 7) is 4.86. The molecule has 0 heterocycles. The van der Waals surface area contributed by atoms with E-state index < -0.39 is 35.1 Å². The molecule has 0 saturated heterocycles. The molecular formula is C22H28N2O5S. The van der Waals surface area contributed by atoms with Gasteiger partial charge in [-0.05, 0) is 43.0 Å². The Morgan fingerprint density at radius 3 is 2.10 bits per heavy atom. The van der Waals surface area contributed by atoms with Crippen molar-refractivity contribution in [2.75, 3.05) is 25.5 Å². The van der Waals surface area contributed by atoms with Crippen molar-refractivity contribution in [3.05, 3.63) is 59.2 Å². The van der Waals surface area contributed by atoms with Gasteiger partial charge < -0.3 is 10.1 Å². The van der Waals surface area contributed by atoms with Gasteiger partial charge in [-0.1, -0.05) is 49.7 Å². The van der Waals surface area contributed by atoms with Gasteiger partial charge in [0.15, 0.2) is 6.61 Å². The maximum atomic E-state index is 12.5. The van der Waals surface area contributed by atoms with Crippen LogP contribution in [0.3, 0.4) is 0 Å². The summed E-state index contributed by atoms with van der Waals surface area (Å²) >= 11 is 0. The number of para-hydroxylation sites is 1. The van der Waals surface area contributed by atoms with E-state index in [9.17, 15) is 18.0 Å². The minimum atomic E-state index is -3.82. The topological polar surface area (TPSA) is 92.8 Å². The van der Waals surface area contributed by atoms with Crippen molar-refractivity contribution in [1.29, 1.82) is 0 Å². The van der Waals surface area contributed by atoms with Gasteiger partial charge >= 0.3 is 5.97 Å². The summed E-state index contributed by atoms with van der Waals surface area (Å²) in [5, 5.41) is 2.80. The standard InChI is InChI=1S/C22H28N2O5S/c1-5-17-8-7-9-18(6-2)22(17)23-20(25)15-29-21(26)14-24(4)30(27,28)19-12-10-16(3)11-13-19/h7-13H,5-6,14-15H2,1-4H3,(H,23,25). The lowest BCUT2D eigenvalue weighted by Crippen LogP contribution is -2.34. The Bertz CT molecular complexity index is 978. The first kappa shape index (κ1) is 23.6. The van der Waals surface area contributed by atoms with Crippen LogP contribution in [0.1, 0.15) is 30.5 Å². The third kappa shape index (κ3) is 5.90. The molecule has 0 bridgehead atoms. The van der Waals surface area contributed by atoms with Crippen molar-refractivity contribution in [2.45, 2.75) is 38.5 Å². The van der Waals surface area contributed by atoms with Crippen LogP contribution in [-0.4, -0.2) is 44.8 Å². The van der Waals surface area contributed by atoms with Gasteiger partial charge in [0, 0.05) is 12.7 Å². The molecule has 0 aromatic heterocycles. The highest BCUT2D eigenvalue weighted by Crippen LogP contribution is 2.22. The SMILES string of the molecule is CCc1cccc(CC)c1NC(=O)COC(=O)CN(C)S(=O)(=O)c1ccc(C)cc1. The second kappa shape index (κ2) is 10.4. The number of benzene rings is 2. The largest absolute Gasteiger partial charge is 0.455 e. The van der Waals surface area contributed by atoms with Crippen molar-refractivity contribution < 1.29 is 22.7 Å². The molecule has 0 saturated carbocycles. The van der Waals surface area contributed by atoms with Gasteiger partial charge in [0.25, 0.3) is 5.91 Å². The first-order valence-electron chi connectivity index (χ1n) is 9.78. The fourth-order valence-corrected chi connectivity index (χ4v) is 4.04. The normalized spacial score (nSPS) is 11.4. The van der Waals surface area contributed by atoms with E-state index in [-0.39, 0.29) is 4.90 Å². The van der Waals surface area contributed by atoms with Crippen molar-refractivity contribution in [2.24, 2.45) is 0 Å². The van der Waals surface area contributed by atoms with E-state index in [2.05, 4.69) is 5.32 Å². The summed E-state index contributed by atoms with van der Waals surface area (Å²) in [7, 11) is -2.53. The van der Waals surface area contributed by atoms with Crippen LogP contribution in [-0.2, 0) is 37.2 Å². The Morgan fingerprint density at radius 1 is 1.00 bits per heavy atom. The number of rotatable bonds is 9. The summed E-state index contributed by atoms with van der Waals surface area (Å²) in [5.41, 5.74) is 3.66. The third-order valence-corrected chi connectivity index (χ3v) is 6.53. The lowest BCUT2D eigenvalue weighted by molar-refractivity contribution is -0.147. The number of anilines is 1. The molecule has 0 atom stereocenters. The molecule has 1 amide bonds. The summed E-state index contributed by atoms with van der Waals surface area (Å²) in [6, 6.07) is 12.1. The summed E-state index contributed by atoms with van der Waals surface area (Å²) in [5.74, 6) is -1.27. The van der Waals surface area contributed by atoms with E-state index in [1.807, 2.05) is 39.0 Å². The number of hydrogen-bond acceptors (Lipinski definition) is 5. The number of amides is 1. The molecule has 1 N–H and O–H groups in total. The molecule has 162 valence electrons. The first-order valence-corrected chi connectivity index (χ1v) is 11.2. The maximum absolute atomic E-state index is 12.5. The monoisotopic (exact) mass is 432 g/mol. The van der Waals surface area contributed by atoms with Crippen LogP contribution in [0.15, 0.2) is 47.4 Å². The van der Waals surface area contributed by atoms with Crippen LogP contribution < -0.4 is 5.32 Å². The van der Waals surface area contributed by atoms with Crippen LogP contribution in [0.2, 0.25) is 0 Å². The molecule has 2 aromatic rings. The number of esters is 1. The molecule has 0 aliphatic carbocycles. The fraction of sp³-hybridized carbons (Fsp3) is 0.364. The number of aryl methyl sites for hydroxylation is 3. The van der Waals surface area contributed by atoms with Gasteiger partial charge in [-0.15, -0.1) is 0 Å². The molecule has 2 aromatic carbocycles. The molecule has 30 heavy (non-hydrogen) atoms. The minimum absolute atomic E-state index is 0.0874. The van der Waals surface area contributed by atoms with E-state index in [1.54, 1.807) is 12.1 Å². The summed E-state index contributed by atoms with van der Waals surface area (Å²) < 4.78 is 31.0. The van der Waals surface area contributed by atoms with E-state index in [1.165, 1.54) is 19.2 Å². The molecule has 0 aliphatic rings. The Balaban J connectivity index is 1.94. The Hall–Kier alpha value is -2.71. The second-order valence-electron chi connectivity index (χ2n) is 6.94. The molecule has 0 aliphatic heterocycles. The molecule has 0 unspecified atom stereocenters. The Kier molecular flexibility index (Phi) is 8.14. The van der Waals surface area contributed by atoms with Crippen molar-refractivity contribution in [1.82, 2.24) is 4.31 Å². The number of carbonyl (C=O) groups is 2. The zero-order chi connectivity index (χ0) is 22.3. The van der Waals surface area contributed by atoms with Gasteiger partial charge in [0.1, 0.15) is 6.54 Å². The van der Waals surface area contributed by atoms with Crippen molar-refractivity contribution in [3.63, 3.8) is 0 Å². The maximum Gasteiger partial charge on any atom is 0.321 e. The Morgan fingerprint density at radius 2 is 1.57 bits per heavy atom. The van der Waals surface area contributed by atoms with E-state index in [0.717, 1.165) is 39.5 Å². The van der Waals surface area contributed by atoms with Gasteiger partial charge in [-0.3, -0.25) is 9.59 Å². The number of nitrogens with zero attached hydrogens (tertiary/aromatic N) is 1. The first-order chi connectivity index (χ1) is 14.2. The van der Waals surface area contributed by atoms with Crippen LogP contribution in [0.5, 0.6) is 0 Å². The average Bonchev–Trinajstić information content (AvgIpc) is 2.72. The molecule has 0 radical (unpaired) electrons. The van der Waals surface area contributed by atoms with Crippen LogP contribution in [0.25, 0.3) is 0 Å². The average molecular weight is 433 g/mol. The van der Waals surface area contributed by atoms with E-state index >= 15 is 0 Å². The molecule has 2 rings (SSSR count). The quantitative estimate of drug-likeness (QED) is 0.615. The highest BCUT2D eigenvalue weighted by Gasteiger charge is 2.24. The zero-order valence-electron chi connectivity index (χ0n) is 17.8. The van der Waals surface area contributed by atoms with Gasteiger partial charge in [-0.25, -0.2) is 8.42 Å². The van der Waals surface area contributed by atoms with Crippen LogP contribution >= 0.6 is 0 Å². The molecule has 8 heteroatoms. The number of ether oxygens (including phenoxy) is 1. The highest BCUT2D eigenvalue weighted by atomic mass is 32.2. The number of sulfonamides is 1. The van der Waals surface area contributed by atoms with Gasteiger partial charge in [0.05, 0.1) is 4.90 Å². The number of nitrogens with one attached hydrogen (secondary N) is 1. The van der Waals surface area contributed by atoms with Gasteiger partial charge in [-0.2, -0.15) is 4.31 Å². The molecule has 0 fully saturated rings. The number of likely N-dealkylation sites (N-methyl/N-ethyl adjacent to an activating group) is 1. The van der Waals surface area contributed by atoms with E-state index in [4.69, 9.17) is 4.74 Å².